The van der Waals surface area contributed by atoms with Crippen LogP contribution >= 0.6 is 0 Å². The summed E-state index contributed by atoms with van der Waals surface area (Å²) >= 11 is 0. The average molecular weight is 419 g/mol. The van der Waals surface area contributed by atoms with Crippen molar-refractivity contribution < 1.29 is 14.3 Å². The van der Waals surface area contributed by atoms with E-state index in [0.717, 1.165) is 24.2 Å². The molecule has 0 aromatic heterocycles. The van der Waals surface area contributed by atoms with Gasteiger partial charge in [0.05, 0.1) is 11.1 Å². The van der Waals surface area contributed by atoms with Crippen molar-refractivity contribution in [3.05, 3.63) is 64.6 Å². The molecule has 0 fully saturated rings. The Morgan fingerprint density at radius 3 is 2.61 bits per heavy atom. The number of nitrogens with one attached hydrogen (secondary N) is 2. The van der Waals surface area contributed by atoms with E-state index in [-0.39, 0.29) is 23.0 Å². The molecule has 9 nitrogen and oxygen atoms in total. The van der Waals surface area contributed by atoms with Gasteiger partial charge in [0.25, 0.3) is 5.91 Å². The van der Waals surface area contributed by atoms with Crippen molar-refractivity contribution in [3.63, 3.8) is 0 Å². The van der Waals surface area contributed by atoms with Crippen LogP contribution in [0.2, 0.25) is 0 Å². The smallest absolute Gasteiger partial charge is 0.372 e. The highest BCUT2D eigenvalue weighted by Gasteiger charge is 2.18. The number of hydrogen-bond acceptors (Lipinski definition) is 8. The number of benzene rings is 2. The van der Waals surface area contributed by atoms with Crippen LogP contribution < -0.4 is 21.4 Å². The molecule has 0 spiro atoms. The normalized spacial score (nSPS) is 10.9. The van der Waals surface area contributed by atoms with Gasteiger partial charge in [-0.2, -0.15) is 9.97 Å². The van der Waals surface area contributed by atoms with Crippen molar-refractivity contribution >= 4 is 28.4 Å². The number of fused-ring (bicyclic) bond motifs is 2. The third kappa shape index (κ3) is 3.97. The fourth-order valence-corrected chi connectivity index (χ4v) is 3.36. The minimum Gasteiger partial charge on any atom is -0.507 e. The molecule has 2 aromatic carbocycles. The SMILES string of the molecule is CCN(CC)c1ccc2cc3c(NNC(=O)c4ccccc4O)nc(=O)nc-3oc2c1. The summed E-state index contributed by atoms with van der Waals surface area (Å²) in [5, 5.41) is 10.6. The van der Waals surface area contributed by atoms with Crippen LogP contribution in [0.4, 0.5) is 11.5 Å². The fraction of sp³-hybridized carbons (Fsp3) is 0.182. The monoisotopic (exact) mass is 419 g/mol. The summed E-state index contributed by atoms with van der Waals surface area (Å²) < 4.78 is 5.89. The maximum absolute atomic E-state index is 12.3. The Labute approximate surface area is 177 Å². The van der Waals surface area contributed by atoms with E-state index in [1.165, 1.54) is 12.1 Å². The van der Waals surface area contributed by atoms with Gasteiger partial charge >= 0.3 is 5.69 Å². The van der Waals surface area contributed by atoms with Crippen molar-refractivity contribution in [1.29, 1.82) is 0 Å². The van der Waals surface area contributed by atoms with Crippen molar-refractivity contribution in [2.45, 2.75) is 13.8 Å². The highest BCUT2D eigenvalue weighted by Crippen LogP contribution is 2.32. The highest BCUT2D eigenvalue weighted by molar-refractivity contribution is 5.97. The first-order valence-electron chi connectivity index (χ1n) is 9.85. The van der Waals surface area contributed by atoms with Crippen molar-refractivity contribution in [1.82, 2.24) is 15.4 Å². The van der Waals surface area contributed by atoms with Crippen LogP contribution in [0.1, 0.15) is 24.2 Å². The minimum absolute atomic E-state index is 0.0785. The summed E-state index contributed by atoms with van der Waals surface area (Å²) in [6.07, 6.45) is 0. The Kier molecular flexibility index (Phi) is 5.40. The van der Waals surface area contributed by atoms with Gasteiger partial charge < -0.3 is 14.4 Å². The first-order valence-corrected chi connectivity index (χ1v) is 9.85. The number of amides is 1. The number of hydrazine groups is 1. The second-order valence-corrected chi connectivity index (χ2v) is 6.81. The molecular formula is C22H21N5O4. The van der Waals surface area contributed by atoms with E-state index in [1.807, 2.05) is 18.2 Å². The molecule has 0 bridgehead atoms. The van der Waals surface area contributed by atoms with E-state index in [4.69, 9.17) is 4.42 Å². The lowest BCUT2D eigenvalue weighted by Crippen LogP contribution is -2.31. The van der Waals surface area contributed by atoms with Crippen molar-refractivity contribution in [3.8, 4) is 17.2 Å². The van der Waals surface area contributed by atoms with Gasteiger partial charge in [-0.15, -0.1) is 0 Å². The number of carbonyl (C=O) groups is 1. The summed E-state index contributed by atoms with van der Waals surface area (Å²) in [6.45, 7) is 5.85. The number of nitrogens with zero attached hydrogens (tertiary/aromatic N) is 3. The van der Waals surface area contributed by atoms with Crippen LogP contribution in [-0.2, 0) is 0 Å². The molecule has 4 rings (SSSR count). The predicted molar refractivity (Wildman–Crippen MR) is 117 cm³/mol. The zero-order chi connectivity index (χ0) is 22.0. The maximum atomic E-state index is 12.3. The number of rotatable bonds is 6. The molecular weight excluding hydrogens is 398 g/mol. The standard InChI is InChI=1S/C22H21N5O4/c1-3-27(4-2)14-10-9-13-11-16-19(23-22(30)24-21(16)31-18(13)12-14)25-26-20(29)15-7-5-6-8-17(15)28/h5-12,28H,3-4H2,1-2H3,(H,26,29)(H,23,25,30). The molecule has 0 saturated carbocycles. The molecule has 0 atom stereocenters. The number of carbonyl (C=O) groups excluding carboxylic acids is 1. The van der Waals surface area contributed by atoms with Crippen LogP contribution in [0.5, 0.6) is 5.75 Å². The molecule has 2 aliphatic heterocycles. The fourth-order valence-electron chi connectivity index (χ4n) is 3.36. The van der Waals surface area contributed by atoms with E-state index in [1.54, 1.807) is 18.2 Å². The number of aromatic nitrogens is 2. The lowest BCUT2D eigenvalue weighted by molar-refractivity contribution is 0.0960. The van der Waals surface area contributed by atoms with Crippen LogP contribution in [0.3, 0.4) is 0 Å². The van der Waals surface area contributed by atoms with Crippen LogP contribution in [0, 0.1) is 0 Å². The third-order valence-electron chi connectivity index (χ3n) is 4.97. The van der Waals surface area contributed by atoms with Gasteiger partial charge in [-0.3, -0.25) is 15.6 Å². The summed E-state index contributed by atoms with van der Waals surface area (Å²) in [4.78, 5) is 34.2. The van der Waals surface area contributed by atoms with Gasteiger partial charge in [-0.05, 0) is 44.2 Å². The van der Waals surface area contributed by atoms with E-state index in [2.05, 4.69) is 39.6 Å². The molecule has 0 saturated heterocycles. The van der Waals surface area contributed by atoms with E-state index < -0.39 is 11.6 Å². The zero-order valence-electron chi connectivity index (χ0n) is 17.0. The van der Waals surface area contributed by atoms with Gasteiger partial charge in [-0.1, -0.05) is 12.1 Å². The molecule has 3 N–H and O–H groups in total. The second-order valence-electron chi connectivity index (χ2n) is 6.81. The average Bonchev–Trinajstić information content (AvgIpc) is 2.77. The third-order valence-corrected chi connectivity index (χ3v) is 4.97. The Balaban J connectivity index is 1.69. The molecule has 0 unspecified atom stereocenters. The largest absolute Gasteiger partial charge is 0.507 e. The molecule has 1 amide bonds. The summed E-state index contributed by atoms with van der Waals surface area (Å²) in [5.74, 6) is -0.552. The molecule has 9 heteroatoms. The molecule has 2 aliphatic rings. The van der Waals surface area contributed by atoms with Gasteiger partial charge in [0.1, 0.15) is 11.3 Å². The highest BCUT2D eigenvalue weighted by atomic mass is 16.3. The van der Waals surface area contributed by atoms with Crippen LogP contribution in [-0.4, -0.2) is 34.1 Å². The lowest BCUT2D eigenvalue weighted by atomic mass is 10.1. The maximum Gasteiger partial charge on any atom is 0.372 e. The van der Waals surface area contributed by atoms with Gasteiger partial charge in [0, 0.05) is 30.2 Å². The number of phenols is 1. The molecule has 2 heterocycles. The first kappa shape index (κ1) is 20.1. The minimum atomic E-state index is -0.755. The zero-order valence-corrected chi connectivity index (χ0v) is 17.0. The summed E-state index contributed by atoms with van der Waals surface area (Å²) in [5.41, 5.74) is 6.41. The first-order chi connectivity index (χ1) is 15.0. The van der Waals surface area contributed by atoms with Gasteiger partial charge in [-0.25, -0.2) is 4.79 Å². The Morgan fingerprint density at radius 1 is 1.10 bits per heavy atom. The number of aromatic hydroxyl groups is 1. The van der Waals surface area contributed by atoms with Crippen molar-refractivity contribution in [2.75, 3.05) is 23.4 Å². The van der Waals surface area contributed by atoms with E-state index in [0.29, 0.717) is 11.1 Å². The molecule has 0 radical (unpaired) electrons. The van der Waals surface area contributed by atoms with Gasteiger partial charge in [0.15, 0.2) is 5.82 Å². The summed E-state index contributed by atoms with van der Waals surface area (Å²) in [6, 6.07) is 13.7. The molecule has 158 valence electrons. The number of hydrogen-bond donors (Lipinski definition) is 3. The second kappa shape index (κ2) is 8.31. The number of anilines is 2. The van der Waals surface area contributed by atoms with Crippen molar-refractivity contribution in [2.24, 2.45) is 0 Å². The van der Waals surface area contributed by atoms with Crippen LogP contribution in [0.25, 0.3) is 22.4 Å². The van der Waals surface area contributed by atoms with Crippen LogP contribution in [0.15, 0.2) is 57.7 Å². The molecule has 0 aliphatic carbocycles. The van der Waals surface area contributed by atoms with E-state index in [9.17, 15) is 14.7 Å². The Morgan fingerprint density at radius 2 is 1.87 bits per heavy atom. The quantitative estimate of drug-likeness (QED) is 0.322. The Bertz CT molecular complexity index is 1280. The van der Waals surface area contributed by atoms with E-state index >= 15 is 0 Å². The lowest BCUT2D eigenvalue weighted by Gasteiger charge is -2.21. The molecule has 2 aromatic rings. The molecule has 31 heavy (non-hydrogen) atoms. The van der Waals surface area contributed by atoms with Gasteiger partial charge in [0.2, 0.25) is 5.89 Å². The number of phenolic OH excluding ortho intramolecular Hbond substituents is 1. The number of para-hydroxylation sites is 1. The topological polar surface area (TPSA) is 121 Å². The summed E-state index contributed by atoms with van der Waals surface area (Å²) in [7, 11) is 0. The predicted octanol–water partition coefficient (Wildman–Crippen LogP) is 3.00. The Hall–Kier alpha value is -4.14.